The average Bonchev–Trinajstić information content (AvgIpc) is 1.98. The van der Waals surface area contributed by atoms with E-state index in [4.69, 9.17) is 0 Å². The van der Waals surface area contributed by atoms with Crippen molar-refractivity contribution < 1.29 is 0 Å². The molecule has 0 aliphatic heterocycles. The number of aryl methyl sites for hydroxylation is 2. The molecule has 1 heterocycles. The van der Waals surface area contributed by atoms with Gasteiger partial charge in [-0.25, -0.2) is 0 Å². The van der Waals surface area contributed by atoms with Crippen molar-refractivity contribution in [3.8, 4) is 0 Å². The van der Waals surface area contributed by atoms with E-state index in [1.54, 1.807) is 0 Å². The Morgan fingerprint density at radius 3 is 2.25 bits per heavy atom. The third-order valence-corrected chi connectivity index (χ3v) is 1.50. The summed E-state index contributed by atoms with van der Waals surface area (Å²) < 4.78 is 0. The maximum absolute atomic E-state index is 3.99. The van der Waals surface area contributed by atoms with Gasteiger partial charge in [0, 0.05) is 5.69 Å². The molecule has 1 N–H and O–H groups in total. The Labute approximate surface area is 49.7 Å². The summed E-state index contributed by atoms with van der Waals surface area (Å²) in [6, 6.07) is 0. The fourth-order valence-corrected chi connectivity index (χ4v) is 0.607. The molecule has 0 amide bonds. The summed E-state index contributed by atoms with van der Waals surface area (Å²) in [5, 5.41) is 6.88. The zero-order valence-corrected chi connectivity index (χ0v) is 5.45. The van der Waals surface area contributed by atoms with Crippen molar-refractivity contribution in [2.45, 2.75) is 13.8 Å². The molecule has 0 saturated heterocycles. The third-order valence-electron chi connectivity index (χ3n) is 1.50. The first-order chi connectivity index (χ1) is 3.72. The highest BCUT2D eigenvalue weighted by molar-refractivity contribution is 6.33. The lowest BCUT2D eigenvalue weighted by Crippen LogP contribution is -2.05. The van der Waals surface area contributed by atoms with E-state index in [9.17, 15) is 0 Å². The van der Waals surface area contributed by atoms with Crippen molar-refractivity contribution in [2.24, 2.45) is 0 Å². The van der Waals surface area contributed by atoms with Crippen LogP contribution in [0.2, 0.25) is 0 Å². The zero-order valence-electron chi connectivity index (χ0n) is 5.45. The van der Waals surface area contributed by atoms with Crippen LogP contribution in [0.25, 0.3) is 0 Å². The van der Waals surface area contributed by atoms with Crippen LogP contribution in [-0.4, -0.2) is 18.0 Å². The fourth-order valence-electron chi connectivity index (χ4n) is 0.607. The highest BCUT2D eigenvalue weighted by Crippen LogP contribution is 1.87. The molecule has 0 radical (unpaired) electrons. The van der Waals surface area contributed by atoms with E-state index in [-0.39, 0.29) is 0 Å². The number of aromatic amines is 1. The molecular formula is C5H9BN2. The second-order valence-corrected chi connectivity index (χ2v) is 2.06. The summed E-state index contributed by atoms with van der Waals surface area (Å²) in [5.74, 6) is 0. The van der Waals surface area contributed by atoms with Crippen LogP contribution < -0.4 is 5.46 Å². The molecule has 0 aliphatic carbocycles. The van der Waals surface area contributed by atoms with Crippen molar-refractivity contribution in [3.63, 3.8) is 0 Å². The minimum absolute atomic E-state index is 1.10. The minimum Gasteiger partial charge on any atom is -0.283 e. The van der Waals surface area contributed by atoms with Crippen molar-refractivity contribution in [2.75, 3.05) is 0 Å². The van der Waals surface area contributed by atoms with E-state index < -0.39 is 0 Å². The normalized spacial score (nSPS) is 9.75. The molecule has 1 aromatic rings. The lowest BCUT2D eigenvalue weighted by molar-refractivity contribution is 1.02. The largest absolute Gasteiger partial charge is 0.283 e. The maximum atomic E-state index is 3.99. The van der Waals surface area contributed by atoms with E-state index in [2.05, 4.69) is 18.0 Å². The SMILES string of the molecule is Bc1c(C)n[nH]c1C. The van der Waals surface area contributed by atoms with Crippen molar-refractivity contribution in [1.82, 2.24) is 10.2 Å². The van der Waals surface area contributed by atoms with Gasteiger partial charge in [-0.2, -0.15) is 5.10 Å². The van der Waals surface area contributed by atoms with E-state index in [1.807, 2.05) is 13.8 Å². The molecule has 42 valence electrons. The van der Waals surface area contributed by atoms with Crippen LogP contribution in [0, 0.1) is 13.8 Å². The first kappa shape index (κ1) is 5.41. The van der Waals surface area contributed by atoms with E-state index in [0.717, 1.165) is 5.69 Å². The zero-order chi connectivity index (χ0) is 6.15. The Kier molecular flexibility index (Phi) is 1.12. The lowest BCUT2D eigenvalue weighted by Gasteiger charge is -1.83. The Morgan fingerprint density at radius 2 is 2.12 bits per heavy atom. The first-order valence-electron chi connectivity index (χ1n) is 2.70. The molecule has 2 nitrogen and oxygen atoms in total. The molecule has 8 heavy (non-hydrogen) atoms. The molecule has 3 heteroatoms. The molecular weight excluding hydrogens is 98.9 g/mol. The number of hydrogen-bond donors (Lipinski definition) is 1. The van der Waals surface area contributed by atoms with Crippen molar-refractivity contribution in [1.29, 1.82) is 0 Å². The van der Waals surface area contributed by atoms with Gasteiger partial charge in [0.15, 0.2) is 0 Å². The number of aromatic nitrogens is 2. The molecule has 1 rings (SSSR count). The van der Waals surface area contributed by atoms with Crippen LogP contribution in [0.15, 0.2) is 0 Å². The van der Waals surface area contributed by atoms with Crippen LogP contribution in [-0.2, 0) is 0 Å². The Balaban J connectivity index is 3.19. The molecule has 0 aliphatic rings. The fraction of sp³-hybridized carbons (Fsp3) is 0.400. The monoisotopic (exact) mass is 108 g/mol. The Morgan fingerprint density at radius 1 is 1.50 bits per heavy atom. The second kappa shape index (κ2) is 1.65. The Bertz CT molecular complexity index is 173. The number of H-pyrrole nitrogens is 1. The van der Waals surface area contributed by atoms with Gasteiger partial charge in [-0.15, -0.1) is 0 Å². The summed E-state index contributed by atoms with van der Waals surface area (Å²) in [6.45, 7) is 4.02. The summed E-state index contributed by atoms with van der Waals surface area (Å²) in [5.41, 5.74) is 3.54. The predicted octanol–water partition coefficient (Wildman–Crippen LogP) is -0.715. The number of rotatable bonds is 0. The smallest absolute Gasteiger partial charge is 0.144 e. The standard InChI is InChI=1S/C5H9BN2/c1-3-5(6)4(2)8-7-3/h6H2,1-2H3,(H,7,8). The summed E-state index contributed by atoms with van der Waals surface area (Å²) in [7, 11) is 2.06. The average molecular weight is 108 g/mol. The van der Waals surface area contributed by atoms with Gasteiger partial charge >= 0.3 is 0 Å². The minimum atomic E-state index is 1.10. The molecule has 0 atom stereocenters. The van der Waals surface area contributed by atoms with E-state index in [0.29, 0.717) is 0 Å². The van der Waals surface area contributed by atoms with Gasteiger partial charge in [-0.3, -0.25) is 5.10 Å². The van der Waals surface area contributed by atoms with Crippen LogP contribution in [0.1, 0.15) is 11.4 Å². The predicted molar refractivity (Wildman–Crippen MR) is 36.2 cm³/mol. The van der Waals surface area contributed by atoms with Gasteiger partial charge < -0.3 is 0 Å². The molecule has 0 bridgehead atoms. The molecule has 0 unspecified atom stereocenters. The molecule has 0 aromatic carbocycles. The van der Waals surface area contributed by atoms with Crippen molar-refractivity contribution >= 4 is 13.3 Å². The number of nitrogens with zero attached hydrogens (tertiary/aromatic N) is 1. The molecule has 0 fully saturated rings. The highest BCUT2D eigenvalue weighted by atomic mass is 15.1. The first-order valence-corrected chi connectivity index (χ1v) is 2.70. The topological polar surface area (TPSA) is 28.7 Å². The van der Waals surface area contributed by atoms with Crippen LogP contribution in [0.5, 0.6) is 0 Å². The quantitative estimate of drug-likeness (QED) is 0.436. The van der Waals surface area contributed by atoms with Gasteiger partial charge in [-0.1, -0.05) is 0 Å². The van der Waals surface area contributed by atoms with Gasteiger partial charge in [0.25, 0.3) is 0 Å². The number of nitrogens with one attached hydrogen (secondary N) is 1. The second-order valence-electron chi connectivity index (χ2n) is 2.06. The molecule has 0 spiro atoms. The maximum Gasteiger partial charge on any atom is 0.144 e. The molecule has 0 saturated carbocycles. The number of hydrogen-bond acceptors (Lipinski definition) is 1. The van der Waals surface area contributed by atoms with Gasteiger partial charge in [0.1, 0.15) is 7.85 Å². The van der Waals surface area contributed by atoms with Crippen LogP contribution >= 0.6 is 0 Å². The van der Waals surface area contributed by atoms with E-state index >= 15 is 0 Å². The third kappa shape index (κ3) is 0.640. The summed E-state index contributed by atoms with van der Waals surface area (Å²) in [6.07, 6.45) is 0. The summed E-state index contributed by atoms with van der Waals surface area (Å²) in [4.78, 5) is 0. The highest BCUT2D eigenvalue weighted by Gasteiger charge is 1.96. The van der Waals surface area contributed by atoms with Gasteiger partial charge in [0.2, 0.25) is 0 Å². The summed E-state index contributed by atoms with van der Waals surface area (Å²) >= 11 is 0. The van der Waals surface area contributed by atoms with Crippen LogP contribution in [0.4, 0.5) is 0 Å². The lowest BCUT2D eigenvalue weighted by atomic mass is 9.94. The van der Waals surface area contributed by atoms with Crippen LogP contribution in [0.3, 0.4) is 0 Å². The Hall–Kier alpha value is -0.725. The van der Waals surface area contributed by atoms with E-state index in [1.165, 1.54) is 11.2 Å². The van der Waals surface area contributed by atoms with Gasteiger partial charge in [-0.05, 0) is 19.3 Å². The van der Waals surface area contributed by atoms with Crippen molar-refractivity contribution in [3.05, 3.63) is 11.4 Å². The van der Waals surface area contributed by atoms with Gasteiger partial charge in [0.05, 0.1) is 5.69 Å². The molecule has 1 aromatic heterocycles.